The molecule has 44 heavy (non-hydrogen) atoms. The van der Waals surface area contributed by atoms with E-state index in [9.17, 15) is 19.1 Å². The van der Waals surface area contributed by atoms with Crippen molar-refractivity contribution in [2.24, 2.45) is 0 Å². The minimum absolute atomic E-state index is 0.00155. The fraction of sp³-hybridized carbons (Fsp3) is 0.212. The number of benzene rings is 3. The van der Waals surface area contributed by atoms with Gasteiger partial charge in [-0.1, -0.05) is 91.4 Å². The van der Waals surface area contributed by atoms with E-state index in [1.54, 1.807) is 60.7 Å². The largest absolute Gasteiger partial charge is 0.503 e. The number of ketones is 1. The monoisotopic (exact) mass is 629 g/mol. The van der Waals surface area contributed by atoms with Gasteiger partial charge in [0.05, 0.1) is 18.2 Å². The number of unbranched alkanes of at least 4 members (excludes halogenated alkanes) is 2. The number of rotatable bonds is 12. The second-order valence-electron chi connectivity index (χ2n) is 10.2. The molecule has 6 rings (SSSR count). The van der Waals surface area contributed by atoms with Gasteiger partial charge < -0.3 is 14.3 Å². The highest BCUT2D eigenvalue weighted by molar-refractivity contribution is 8.00. The van der Waals surface area contributed by atoms with Crippen LogP contribution in [0.1, 0.15) is 53.9 Å². The van der Waals surface area contributed by atoms with Crippen LogP contribution >= 0.6 is 23.1 Å². The molecule has 5 aromatic rings. The Morgan fingerprint density at radius 3 is 2.61 bits per heavy atom. The molecule has 0 fully saturated rings. The Balaban J connectivity index is 1.33. The lowest BCUT2D eigenvalue weighted by molar-refractivity contribution is -0.117. The molecular formula is C33H28FN3O5S2. The lowest BCUT2D eigenvalue weighted by atomic mass is 9.95. The van der Waals surface area contributed by atoms with Crippen molar-refractivity contribution in [1.82, 2.24) is 10.2 Å². The average molecular weight is 630 g/mol. The molecule has 1 N–H and O–H groups in total. The van der Waals surface area contributed by atoms with Crippen LogP contribution in [0, 0.1) is 5.82 Å². The molecule has 1 aliphatic rings. The van der Waals surface area contributed by atoms with Crippen LogP contribution in [-0.2, 0) is 10.5 Å². The summed E-state index contributed by atoms with van der Waals surface area (Å²) in [5, 5.41) is 20.5. The molecule has 3 aromatic carbocycles. The topological polar surface area (TPSA) is 106 Å². The van der Waals surface area contributed by atoms with Crippen LogP contribution in [0.3, 0.4) is 0 Å². The maximum atomic E-state index is 14.2. The van der Waals surface area contributed by atoms with Crippen LogP contribution in [-0.4, -0.2) is 33.6 Å². The number of carbonyl (C=O) groups excluding carboxylic acids is 2. The van der Waals surface area contributed by atoms with Crippen molar-refractivity contribution < 1.29 is 28.2 Å². The van der Waals surface area contributed by atoms with Crippen molar-refractivity contribution >= 4 is 50.9 Å². The van der Waals surface area contributed by atoms with Crippen LogP contribution in [0.4, 0.5) is 9.52 Å². The van der Waals surface area contributed by atoms with E-state index in [1.807, 2.05) is 12.1 Å². The van der Waals surface area contributed by atoms with Gasteiger partial charge in [-0.05, 0) is 47.9 Å². The SMILES string of the molecule is CCCCCOc1ccc([C@H]2C(C(=O)c3cc4ccccc4o3)=C(O)C(=O)N2c2nnc(SCc3ccccc3F)s2)cc1. The van der Waals surface area contributed by atoms with Gasteiger partial charge in [0.1, 0.15) is 17.1 Å². The van der Waals surface area contributed by atoms with E-state index in [1.165, 1.54) is 22.7 Å². The zero-order chi connectivity index (χ0) is 30.6. The number of furan rings is 1. The number of para-hydroxylation sites is 1. The summed E-state index contributed by atoms with van der Waals surface area (Å²) < 4.78 is 26.3. The number of aliphatic hydroxyl groups is 1. The predicted molar refractivity (Wildman–Crippen MR) is 168 cm³/mol. The number of aromatic nitrogens is 2. The summed E-state index contributed by atoms with van der Waals surface area (Å²) in [4.78, 5) is 28.8. The molecule has 0 unspecified atom stereocenters. The molecule has 0 saturated carbocycles. The average Bonchev–Trinajstić information content (AvgIpc) is 3.75. The zero-order valence-electron chi connectivity index (χ0n) is 23.7. The van der Waals surface area contributed by atoms with Crippen molar-refractivity contribution in [2.45, 2.75) is 42.3 Å². The Morgan fingerprint density at radius 1 is 1.07 bits per heavy atom. The molecular weight excluding hydrogens is 602 g/mol. The Kier molecular flexibility index (Phi) is 8.76. The van der Waals surface area contributed by atoms with Gasteiger partial charge in [-0.15, -0.1) is 10.2 Å². The first-order chi connectivity index (χ1) is 21.4. The molecule has 0 aliphatic carbocycles. The second-order valence-corrected chi connectivity index (χ2v) is 12.4. The van der Waals surface area contributed by atoms with Crippen molar-refractivity contribution in [2.75, 3.05) is 11.5 Å². The van der Waals surface area contributed by atoms with E-state index < -0.39 is 23.5 Å². The second kappa shape index (κ2) is 13.0. The standard InChI is InChI=1S/C33H28FN3O5S2/c1-2-3-8-17-41-23-15-13-20(14-16-23)28-27(29(38)26-18-21-9-5-7-12-25(21)42-26)30(39)31(40)37(28)32-35-36-33(44-32)43-19-22-10-4-6-11-24(22)34/h4-7,9-16,18,28,39H,2-3,8,17,19H2,1H3/t28-/m0/s1. The smallest absolute Gasteiger partial charge is 0.296 e. The number of halogens is 1. The predicted octanol–water partition coefficient (Wildman–Crippen LogP) is 8.07. The highest BCUT2D eigenvalue weighted by Crippen LogP contribution is 2.44. The summed E-state index contributed by atoms with van der Waals surface area (Å²) >= 11 is 2.40. The molecule has 0 bridgehead atoms. The quantitative estimate of drug-likeness (QED) is 0.0639. The van der Waals surface area contributed by atoms with Gasteiger partial charge in [-0.2, -0.15) is 0 Å². The molecule has 1 atom stereocenters. The summed E-state index contributed by atoms with van der Waals surface area (Å²) in [6, 6.07) is 21.3. The Labute approximate surface area is 261 Å². The first kappa shape index (κ1) is 29.6. The molecule has 0 radical (unpaired) electrons. The van der Waals surface area contributed by atoms with Crippen molar-refractivity contribution in [3.05, 3.63) is 113 Å². The van der Waals surface area contributed by atoms with Gasteiger partial charge >= 0.3 is 0 Å². The van der Waals surface area contributed by atoms with Crippen molar-refractivity contribution in [3.8, 4) is 5.75 Å². The summed E-state index contributed by atoms with van der Waals surface area (Å²) in [6.07, 6.45) is 3.09. The number of Topliss-reactive ketones (excluding diaryl/α,β-unsaturated/α-hetero) is 1. The third-order valence-corrected chi connectivity index (χ3v) is 9.33. The summed E-state index contributed by atoms with van der Waals surface area (Å²) in [7, 11) is 0. The number of hydrogen-bond donors (Lipinski definition) is 1. The molecule has 1 aliphatic heterocycles. The highest BCUT2D eigenvalue weighted by atomic mass is 32.2. The van der Waals surface area contributed by atoms with Crippen LogP contribution in [0.15, 0.2) is 99.0 Å². The number of thioether (sulfide) groups is 1. The van der Waals surface area contributed by atoms with Gasteiger partial charge in [-0.3, -0.25) is 14.5 Å². The maximum Gasteiger partial charge on any atom is 0.296 e. The Hall–Kier alpha value is -4.48. The number of fused-ring (bicyclic) bond motifs is 1. The maximum absolute atomic E-state index is 14.2. The van der Waals surface area contributed by atoms with Crippen LogP contribution in [0.2, 0.25) is 0 Å². The fourth-order valence-corrected chi connectivity index (χ4v) is 6.83. The van der Waals surface area contributed by atoms with Crippen LogP contribution in [0.25, 0.3) is 11.0 Å². The van der Waals surface area contributed by atoms with E-state index in [0.717, 1.165) is 36.0 Å². The van der Waals surface area contributed by atoms with Gasteiger partial charge in [0, 0.05) is 11.1 Å². The van der Waals surface area contributed by atoms with Gasteiger partial charge in [0.15, 0.2) is 15.9 Å². The summed E-state index contributed by atoms with van der Waals surface area (Å²) in [5.41, 5.74) is 1.47. The number of carbonyl (C=O) groups is 2. The molecule has 0 saturated heterocycles. The lowest BCUT2D eigenvalue weighted by Crippen LogP contribution is -2.31. The summed E-state index contributed by atoms with van der Waals surface area (Å²) in [6.45, 7) is 2.70. The Bertz CT molecular complexity index is 1820. The first-order valence-corrected chi connectivity index (χ1v) is 16.0. The normalized spacial score (nSPS) is 15.0. The molecule has 0 spiro atoms. The van der Waals surface area contributed by atoms with Crippen molar-refractivity contribution in [3.63, 3.8) is 0 Å². The zero-order valence-corrected chi connectivity index (χ0v) is 25.4. The van der Waals surface area contributed by atoms with E-state index in [-0.39, 0.29) is 22.3 Å². The molecule has 8 nitrogen and oxygen atoms in total. The minimum atomic E-state index is -1.00. The number of amides is 1. The number of ether oxygens (including phenoxy) is 1. The van der Waals surface area contributed by atoms with Crippen LogP contribution < -0.4 is 9.64 Å². The number of anilines is 1. The van der Waals surface area contributed by atoms with E-state index in [2.05, 4.69) is 17.1 Å². The molecule has 11 heteroatoms. The highest BCUT2D eigenvalue weighted by Gasteiger charge is 2.46. The van der Waals surface area contributed by atoms with E-state index in [4.69, 9.17) is 9.15 Å². The lowest BCUT2D eigenvalue weighted by Gasteiger charge is -2.24. The van der Waals surface area contributed by atoms with E-state index >= 15 is 0 Å². The number of hydrogen-bond acceptors (Lipinski definition) is 9. The van der Waals surface area contributed by atoms with Crippen LogP contribution in [0.5, 0.6) is 5.75 Å². The van der Waals surface area contributed by atoms with Crippen molar-refractivity contribution in [1.29, 1.82) is 0 Å². The molecule has 1 amide bonds. The van der Waals surface area contributed by atoms with Gasteiger partial charge in [0.2, 0.25) is 10.9 Å². The van der Waals surface area contributed by atoms with Gasteiger partial charge in [-0.25, -0.2) is 4.39 Å². The molecule has 224 valence electrons. The molecule has 2 aromatic heterocycles. The fourth-order valence-electron chi connectivity index (χ4n) is 4.98. The number of nitrogens with zero attached hydrogens (tertiary/aromatic N) is 3. The minimum Gasteiger partial charge on any atom is -0.503 e. The van der Waals surface area contributed by atoms with Gasteiger partial charge in [0.25, 0.3) is 5.91 Å². The Morgan fingerprint density at radius 2 is 1.84 bits per heavy atom. The summed E-state index contributed by atoms with van der Waals surface area (Å²) in [5.74, 6) is -1.42. The molecule has 3 heterocycles. The first-order valence-electron chi connectivity index (χ1n) is 14.2. The third kappa shape index (κ3) is 5.97. The van der Waals surface area contributed by atoms with E-state index in [0.29, 0.717) is 39.2 Å². The third-order valence-electron chi connectivity index (χ3n) is 7.23. The number of aliphatic hydroxyl groups excluding tert-OH is 1.